The van der Waals surface area contributed by atoms with Gasteiger partial charge in [0.05, 0.1) is 5.69 Å². The topological polar surface area (TPSA) is 30.7 Å². The summed E-state index contributed by atoms with van der Waals surface area (Å²) >= 11 is 0. The molecule has 0 aliphatic heterocycles. The standard InChI is InChI=1S/C9H14F3N3/c1-5(2)7-8(9(10,11)12)15(6(3)4)14-13-7/h5-6H,1-4H3. The summed E-state index contributed by atoms with van der Waals surface area (Å²) in [6.07, 6.45) is -4.40. The number of hydrogen-bond donors (Lipinski definition) is 0. The molecule has 0 saturated heterocycles. The molecule has 0 aliphatic rings. The molecule has 3 nitrogen and oxygen atoms in total. The van der Waals surface area contributed by atoms with Crippen LogP contribution in [0.3, 0.4) is 0 Å². The normalized spacial score (nSPS) is 12.9. The molecule has 15 heavy (non-hydrogen) atoms. The molecule has 6 heteroatoms. The van der Waals surface area contributed by atoms with Gasteiger partial charge >= 0.3 is 6.18 Å². The van der Waals surface area contributed by atoms with Crippen molar-refractivity contribution < 1.29 is 13.2 Å². The predicted octanol–water partition coefficient (Wildman–Crippen LogP) is 3.00. The Morgan fingerprint density at radius 1 is 1.13 bits per heavy atom. The van der Waals surface area contributed by atoms with Gasteiger partial charge in [-0.05, 0) is 19.8 Å². The summed E-state index contributed by atoms with van der Waals surface area (Å²) in [5.41, 5.74) is -0.719. The molecule has 1 aromatic heterocycles. The first kappa shape index (κ1) is 12.0. The van der Waals surface area contributed by atoms with Crippen LogP contribution in [0.5, 0.6) is 0 Å². The molecular weight excluding hydrogens is 207 g/mol. The summed E-state index contributed by atoms with van der Waals surface area (Å²) in [4.78, 5) is 0. The van der Waals surface area contributed by atoms with Crippen molar-refractivity contribution in [3.05, 3.63) is 11.4 Å². The van der Waals surface area contributed by atoms with Crippen LogP contribution in [0, 0.1) is 0 Å². The molecule has 1 rings (SSSR count). The monoisotopic (exact) mass is 221 g/mol. The fourth-order valence-electron chi connectivity index (χ4n) is 1.33. The van der Waals surface area contributed by atoms with E-state index in [1.807, 2.05) is 0 Å². The highest BCUT2D eigenvalue weighted by atomic mass is 19.4. The molecule has 0 unspecified atom stereocenters. The number of aromatic nitrogens is 3. The smallest absolute Gasteiger partial charge is 0.237 e. The SMILES string of the molecule is CC(C)c1nnn(C(C)C)c1C(F)(F)F. The van der Waals surface area contributed by atoms with Crippen LogP contribution in [0.15, 0.2) is 0 Å². The van der Waals surface area contributed by atoms with E-state index in [0.717, 1.165) is 4.68 Å². The van der Waals surface area contributed by atoms with Gasteiger partial charge in [0, 0.05) is 6.04 Å². The maximum atomic E-state index is 12.8. The number of rotatable bonds is 2. The number of alkyl halides is 3. The van der Waals surface area contributed by atoms with Crippen LogP contribution >= 0.6 is 0 Å². The Kier molecular flexibility index (Phi) is 3.06. The molecular formula is C9H14F3N3. The molecule has 0 bridgehead atoms. The predicted molar refractivity (Wildman–Crippen MR) is 49.5 cm³/mol. The summed E-state index contributed by atoms with van der Waals surface area (Å²) in [5, 5.41) is 7.15. The molecule has 0 atom stereocenters. The van der Waals surface area contributed by atoms with E-state index in [0.29, 0.717) is 0 Å². The Morgan fingerprint density at radius 2 is 1.67 bits per heavy atom. The van der Waals surface area contributed by atoms with Gasteiger partial charge in [-0.15, -0.1) is 5.10 Å². The highest BCUT2D eigenvalue weighted by Gasteiger charge is 2.40. The zero-order chi connectivity index (χ0) is 11.8. The second kappa shape index (κ2) is 3.83. The van der Waals surface area contributed by atoms with E-state index in [1.165, 1.54) is 0 Å². The van der Waals surface area contributed by atoms with Crippen molar-refractivity contribution in [1.29, 1.82) is 0 Å². The Morgan fingerprint density at radius 3 is 2.00 bits per heavy atom. The van der Waals surface area contributed by atoms with Crippen LogP contribution in [0.25, 0.3) is 0 Å². The molecule has 0 radical (unpaired) electrons. The average Bonchev–Trinajstić information content (AvgIpc) is 2.45. The highest BCUT2D eigenvalue weighted by Crippen LogP contribution is 2.35. The lowest BCUT2D eigenvalue weighted by Crippen LogP contribution is -2.18. The van der Waals surface area contributed by atoms with Crippen molar-refractivity contribution >= 4 is 0 Å². The van der Waals surface area contributed by atoms with E-state index in [4.69, 9.17) is 0 Å². The van der Waals surface area contributed by atoms with Gasteiger partial charge in [0.1, 0.15) is 0 Å². The summed E-state index contributed by atoms with van der Waals surface area (Å²) in [6, 6.07) is -0.346. The minimum Gasteiger partial charge on any atom is -0.237 e. The second-order valence-corrected chi connectivity index (χ2v) is 4.01. The molecule has 1 aromatic rings. The van der Waals surface area contributed by atoms with E-state index >= 15 is 0 Å². The highest BCUT2D eigenvalue weighted by molar-refractivity contribution is 5.17. The van der Waals surface area contributed by atoms with Gasteiger partial charge in [-0.1, -0.05) is 19.1 Å². The van der Waals surface area contributed by atoms with Crippen LogP contribution in [0.4, 0.5) is 13.2 Å². The first-order valence-electron chi connectivity index (χ1n) is 4.77. The van der Waals surface area contributed by atoms with E-state index in [9.17, 15) is 13.2 Å². The first-order chi connectivity index (χ1) is 6.75. The lowest BCUT2D eigenvalue weighted by molar-refractivity contribution is -0.145. The molecule has 0 saturated carbocycles. The van der Waals surface area contributed by atoms with Crippen molar-refractivity contribution in [2.24, 2.45) is 0 Å². The number of nitrogens with zero attached hydrogens (tertiary/aromatic N) is 3. The summed E-state index contributed by atoms with van der Waals surface area (Å²) in [6.45, 7) is 6.63. The first-order valence-corrected chi connectivity index (χ1v) is 4.77. The van der Waals surface area contributed by atoms with E-state index in [-0.39, 0.29) is 17.7 Å². The molecule has 0 N–H and O–H groups in total. The molecule has 0 fully saturated rings. The van der Waals surface area contributed by atoms with E-state index < -0.39 is 11.9 Å². The van der Waals surface area contributed by atoms with Crippen LogP contribution < -0.4 is 0 Å². The second-order valence-electron chi connectivity index (χ2n) is 4.01. The minimum atomic E-state index is -4.40. The van der Waals surface area contributed by atoms with Crippen molar-refractivity contribution in [3.8, 4) is 0 Å². The van der Waals surface area contributed by atoms with Crippen LogP contribution in [0.1, 0.15) is 51.0 Å². The summed E-state index contributed by atoms with van der Waals surface area (Å²) in [5.74, 6) is -0.283. The van der Waals surface area contributed by atoms with Crippen LogP contribution in [-0.2, 0) is 6.18 Å². The average molecular weight is 221 g/mol. The fraction of sp³-hybridized carbons (Fsp3) is 0.778. The van der Waals surface area contributed by atoms with Crippen molar-refractivity contribution in [3.63, 3.8) is 0 Å². The molecule has 0 spiro atoms. The summed E-state index contributed by atoms with van der Waals surface area (Å²) in [7, 11) is 0. The largest absolute Gasteiger partial charge is 0.434 e. The maximum Gasteiger partial charge on any atom is 0.434 e. The zero-order valence-corrected chi connectivity index (χ0v) is 9.13. The van der Waals surface area contributed by atoms with Crippen LogP contribution in [0.2, 0.25) is 0 Å². The molecule has 0 amide bonds. The lowest BCUT2D eigenvalue weighted by atomic mass is 10.1. The van der Waals surface area contributed by atoms with Crippen molar-refractivity contribution in [2.75, 3.05) is 0 Å². The van der Waals surface area contributed by atoms with Gasteiger partial charge < -0.3 is 0 Å². The third-order valence-electron chi connectivity index (χ3n) is 2.03. The van der Waals surface area contributed by atoms with E-state index in [1.54, 1.807) is 27.7 Å². The quantitative estimate of drug-likeness (QED) is 0.768. The summed E-state index contributed by atoms with van der Waals surface area (Å²) < 4.78 is 39.2. The van der Waals surface area contributed by atoms with Gasteiger partial charge in [-0.25, -0.2) is 4.68 Å². The lowest BCUT2D eigenvalue weighted by Gasteiger charge is -2.14. The zero-order valence-electron chi connectivity index (χ0n) is 9.13. The van der Waals surface area contributed by atoms with Gasteiger partial charge in [0.15, 0.2) is 5.69 Å². The van der Waals surface area contributed by atoms with Gasteiger partial charge in [-0.3, -0.25) is 0 Å². The maximum absolute atomic E-state index is 12.8. The fourth-order valence-corrected chi connectivity index (χ4v) is 1.33. The third kappa shape index (κ3) is 2.30. The van der Waals surface area contributed by atoms with Crippen molar-refractivity contribution in [2.45, 2.75) is 45.8 Å². The minimum absolute atomic E-state index is 0.0104. The Balaban J connectivity index is 3.34. The molecule has 0 aromatic carbocycles. The van der Waals surface area contributed by atoms with Crippen molar-refractivity contribution in [1.82, 2.24) is 15.0 Å². The Hall–Kier alpha value is -1.07. The van der Waals surface area contributed by atoms with E-state index in [2.05, 4.69) is 10.3 Å². The third-order valence-corrected chi connectivity index (χ3v) is 2.03. The Labute approximate surface area is 86.3 Å². The van der Waals surface area contributed by atoms with Crippen LogP contribution in [-0.4, -0.2) is 15.0 Å². The van der Waals surface area contributed by atoms with Gasteiger partial charge in [0.2, 0.25) is 0 Å². The number of halogens is 3. The Bertz CT molecular complexity index is 313. The van der Waals surface area contributed by atoms with Gasteiger partial charge in [0.25, 0.3) is 0 Å². The molecule has 1 heterocycles. The van der Waals surface area contributed by atoms with Gasteiger partial charge in [-0.2, -0.15) is 13.2 Å². The molecule has 0 aliphatic carbocycles. The molecule has 86 valence electrons. The number of hydrogen-bond acceptors (Lipinski definition) is 2.